The second kappa shape index (κ2) is 10.1. The van der Waals surface area contributed by atoms with Crippen LogP contribution in [0, 0.1) is 0 Å². The summed E-state index contributed by atoms with van der Waals surface area (Å²) in [4.78, 5) is 8.61. The van der Waals surface area contributed by atoms with E-state index in [1.807, 2.05) is 55.6 Å². The van der Waals surface area contributed by atoms with Gasteiger partial charge >= 0.3 is 0 Å². The molecule has 0 fully saturated rings. The van der Waals surface area contributed by atoms with Crippen LogP contribution >= 0.6 is 0 Å². The van der Waals surface area contributed by atoms with E-state index in [2.05, 4.69) is 25.7 Å². The second-order valence-corrected chi connectivity index (χ2v) is 6.36. The van der Waals surface area contributed by atoms with Crippen LogP contribution in [0.1, 0.15) is 12.5 Å². The Balaban J connectivity index is 1.50. The van der Waals surface area contributed by atoms with Crippen molar-refractivity contribution in [1.82, 2.24) is 25.4 Å². The largest absolute Gasteiger partial charge is 0.493 e. The van der Waals surface area contributed by atoms with Gasteiger partial charge in [-0.05, 0) is 42.8 Å². The normalized spacial score (nSPS) is 12.3. The molecular formula is C21H26N6O2. The number of nitrogens with one attached hydrogen (secondary N) is 2. The molecule has 0 spiro atoms. The smallest absolute Gasteiger partial charge is 0.191 e. The van der Waals surface area contributed by atoms with Gasteiger partial charge in [-0.2, -0.15) is 5.10 Å². The van der Waals surface area contributed by atoms with Gasteiger partial charge in [0.25, 0.3) is 0 Å². The lowest BCUT2D eigenvalue weighted by Crippen LogP contribution is -2.41. The summed E-state index contributed by atoms with van der Waals surface area (Å²) in [5.74, 6) is 2.90. The molecule has 2 aromatic heterocycles. The molecule has 0 aliphatic rings. The fourth-order valence-electron chi connectivity index (χ4n) is 2.72. The Labute approximate surface area is 170 Å². The number of para-hydroxylation sites is 2. The number of benzene rings is 1. The number of pyridine rings is 1. The zero-order valence-electron chi connectivity index (χ0n) is 16.9. The highest BCUT2D eigenvalue weighted by molar-refractivity contribution is 5.79. The van der Waals surface area contributed by atoms with Gasteiger partial charge in [-0.15, -0.1) is 0 Å². The average molecular weight is 394 g/mol. The number of guanidine groups is 1. The summed E-state index contributed by atoms with van der Waals surface area (Å²) in [7, 11) is 3.37. The van der Waals surface area contributed by atoms with Gasteiger partial charge in [0.05, 0.1) is 13.7 Å². The van der Waals surface area contributed by atoms with Crippen molar-refractivity contribution in [2.45, 2.75) is 19.6 Å². The van der Waals surface area contributed by atoms with Crippen molar-refractivity contribution in [2.75, 3.05) is 20.7 Å². The molecule has 2 N–H and O–H groups in total. The van der Waals surface area contributed by atoms with Gasteiger partial charge in [0, 0.05) is 32.2 Å². The molecule has 8 heteroatoms. The molecular weight excluding hydrogens is 368 g/mol. The molecule has 0 aliphatic heterocycles. The minimum atomic E-state index is -0.0720. The summed E-state index contributed by atoms with van der Waals surface area (Å²) in [6.07, 6.45) is 5.29. The second-order valence-electron chi connectivity index (χ2n) is 6.36. The zero-order valence-corrected chi connectivity index (χ0v) is 16.9. The van der Waals surface area contributed by atoms with Crippen LogP contribution in [0.3, 0.4) is 0 Å². The number of nitrogens with zero attached hydrogens (tertiary/aromatic N) is 4. The molecule has 0 radical (unpaired) electrons. The highest BCUT2D eigenvalue weighted by Crippen LogP contribution is 2.26. The van der Waals surface area contributed by atoms with Gasteiger partial charge in [0.15, 0.2) is 23.3 Å². The van der Waals surface area contributed by atoms with E-state index in [9.17, 15) is 0 Å². The summed E-state index contributed by atoms with van der Waals surface area (Å²) in [5.41, 5.74) is 1.08. The van der Waals surface area contributed by atoms with E-state index in [1.54, 1.807) is 31.2 Å². The Morgan fingerprint density at radius 1 is 1.14 bits per heavy atom. The fraction of sp³-hybridized carbons (Fsp3) is 0.286. The lowest BCUT2D eigenvalue weighted by atomic mass is 10.2. The number of aliphatic imine (C=N–C) groups is 1. The van der Waals surface area contributed by atoms with Crippen molar-refractivity contribution >= 4 is 5.96 Å². The van der Waals surface area contributed by atoms with Crippen molar-refractivity contribution in [2.24, 2.45) is 4.99 Å². The number of aromatic nitrogens is 3. The Morgan fingerprint density at radius 2 is 1.97 bits per heavy atom. The molecule has 1 unspecified atom stereocenters. The molecule has 1 atom stereocenters. The third-order valence-corrected chi connectivity index (χ3v) is 4.19. The lowest BCUT2D eigenvalue weighted by molar-refractivity contribution is 0.213. The van der Waals surface area contributed by atoms with Crippen LogP contribution < -0.4 is 20.1 Å². The summed E-state index contributed by atoms with van der Waals surface area (Å²) in [5, 5.41) is 10.8. The zero-order chi connectivity index (χ0) is 20.5. The van der Waals surface area contributed by atoms with Crippen LogP contribution in [0.5, 0.6) is 11.5 Å². The Kier molecular flexibility index (Phi) is 7.05. The molecule has 152 valence electrons. The van der Waals surface area contributed by atoms with Gasteiger partial charge in [-0.1, -0.05) is 12.1 Å². The van der Waals surface area contributed by atoms with Crippen LogP contribution in [-0.2, 0) is 6.54 Å². The van der Waals surface area contributed by atoms with Crippen LogP contribution in [0.25, 0.3) is 5.82 Å². The maximum absolute atomic E-state index is 5.96. The quantitative estimate of drug-likeness (QED) is 0.451. The molecule has 0 bridgehead atoms. The summed E-state index contributed by atoms with van der Waals surface area (Å²) < 4.78 is 13.0. The molecule has 0 saturated heterocycles. The predicted molar refractivity (Wildman–Crippen MR) is 113 cm³/mol. The minimum Gasteiger partial charge on any atom is -0.493 e. The molecule has 2 heterocycles. The van der Waals surface area contributed by atoms with E-state index in [1.165, 1.54) is 0 Å². The number of hydrogen-bond donors (Lipinski definition) is 2. The molecule has 3 aromatic rings. The first kappa shape index (κ1) is 20.2. The molecule has 1 aromatic carbocycles. The van der Waals surface area contributed by atoms with Crippen molar-refractivity contribution in [1.29, 1.82) is 0 Å². The minimum absolute atomic E-state index is 0.0720. The lowest BCUT2D eigenvalue weighted by Gasteiger charge is -2.19. The third kappa shape index (κ3) is 5.71. The molecule has 8 nitrogen and oxygen atoms in total. The average Bonchev–Trinajstić information content (AvgIpc) is 3.29. The summed E-state index contributed by atoms with van der Waals surface area (Å²) in [6.45, 7) is 3.19. The summed E-state index contributed by atoms with van der Waals surface area (Å²) in [6, 6.07) is 13.4. The van der Waals surface area contributed by atoms with E-state index in [4.69, 9.17) is 9.47 Å². The van der Waals surface area contributed by atoms with Gasteiger partial charge in [0.2, 0.25) is 0 Å². The first-order valence-corrected chi connectivity index (χ1v) is 9.38. The maximum atomic E-state index is 5.96. The highest BCUT2D eigenvalue weighted by atomic mass is 16.5. The molecule has 0 amide bonds. The third-order valence-electron chi connectivity index (χ3n) is 4.19. The fourth-order valence-corrected chi connectivity index (χ4v) is 2.72. The molecule has 0 saturated carbocycles. The molecule has 3 rings (SSSR count). The van der Waals surface area contributed by atoms with Crippen LogP contribution in [0.2, 0.25) is 0 Å². The van der Waals surface area contributed by atoms with Crippen molar-refractivity contribution in [3.8, 4) is 17.3 Å². The molecule has 29 heavy (non-hydrogen) atoms. The Hall–Kier alpha value is -3.55. The van der Waals surface area contributed by atoms with Crippen molar-refractivity contribution < 1.29 is 9.47 Å². The standard InChI is InChI=1S/C21H26N6O2/c1-16(29-19-8-5-4-7-18(19)28-3)14-24-21(22-2)25-15-17-9-11-23-20(13-17)27-12-6-10-26-27/h4-13,16H,14-15H2,1-3H3,(H2,22,24,25). The van der Waals surface area contributed by atoms with E-state index >= 15 is 0 Å². The number of rotatable bonds is 8. The van der Waals surface area contributed by atoms with E-state index in [0.29, 0.717) is 24.8 Å². The first-order valence-electron chi connectivity index (χ1n) is 9.38. The van der Waals surface area contributed by atoms with Gasteiger partial charge in [-0.3, -0.25) is 4.99 Å². The number of methoxy groups -OCH3 is 1. The Bertz CT molecular complexity index is 926. The Morgan fingerprint density at radius 3 is 2.69 bits per heavy atom. The van der Waals surface area contributed by atoms with Gasteiger partial charge in [0.1, 0.15) is 6.10 Å². The highest BCUT2D eigenvalue weighted by Gasteiger charge is 2.09. The van der Waals surface area contributed by atoms with Gasteiger partial charge < -0.3 is 20.1 Å². The van der Waals surface area contributed by atoms with E-state index in [-0.39, 0.29) is 6.10 Å². The van der Waals surface area contributed by atoms with Gasteiger partial charge in [-0.25, -0.2) is 9.67 Å². The van der Waals surface area contributed by atoms with Crippen molar-refractivity contribution in [3.63, 3.8) is 0 Å². The SMILES string of the molecule is CN=C(NCc1ccnc(-n2cccn2)c1)NCC(C)Oc1ccccc1OC. The van der Waals surface area contributed by atoms with Crippen molar-refractivity contribution in [3.05, 3.63) is 66.6 Å². The van der Waals surface area contributed by atoms with E-state index < -0.39 is 0 Å². The number of ether oxygens (including phenoxy) is 2. The predicted octanol–water partition coefficient (Wildman–Crippen LogP) is 2.41. The topological polar surface area (TPSA) is 85.6 Å². The maximum Gasteiger partial charge on any atom is 0.191 e. The van der Waals surface area contributed by atoms with Crippen LogP contribution in [0.4, 0.5) is 0 Å². The summed E-state index contributed by atoms with van der Waals surface area (Å²) >= 11 is 0. The van der Waals surface area contributed by atoms with E-state index in [0.717, 1.165) is 17.1 Å². The number of hydrogen-bond acceptors (Lipinski definition) is 5. The first-order chi connectivity index (χ1) is 14.2. The van der Waals surface area contributed by atoms with Crippen LogP contribution in [0.15, 0.2) is 66.0 Å². The van der Waals surface area contributed by atoms with Crippen LogP contribution in [-0.4, -0.2) is 47.5 Å². The molecule has 0 aliphatic carbocycles. The monoisotopic (exact) mass is 394 g/mol.